The highest BCUT2D eigenvalue weighted by Gasteiger charge is 2.10. The van der Waals surface area contributed by atoms with Crippen molar-refractivity contribution in [3.05, 3.63) is 41.5 Å². The van der Waals surface area contributed by atoms with Gasteiger partial charge in [-0.05, 0) is 31.1 Å². The molecule has 1 rings (SSSR count). The molecule has 0 radical (unpaired) electrons. The van der Waals surface area contributed by atoms with Gasteiger partial charge in [-0.15, -0.1) is 11.8 Å². The number of ketones is 1. The van der Waals surface area contributed by atoms with Gasteiger partial charge >= 0.3 is 5.97 Å². The largest absolute Gasteiger partial charge is 0.478 e. The summed E-state index contributed by atoms with van der Waals surface area (Å²) in [4.78, 5) is 23.4. The molecule has 0 spiro atoms. The molecule has 4 heteroatoms. The van der Waals surface area contributed by atoms with E-state index >= 15 is 0 Å². The molecular formula is C15H18O3S. The Morgan fingerprint density at radius 1 is 1.32 bits per heavy atom. The number of allylic oxidation sites excluding steroid dienone is 1. The molecular weight excluding hydrogens is 260 g/mol. The maximum absolute atomic E-state index is 12.0. The van der Waals surface area contributed by atoms with Crippen LogP contribution in [0.1, 0.15) is 29.8 Å². The van der Waals surface area contributed by atoms with Gasteiger partial charge in [0.2, 0.25) is 0 Å². The van der Waals surface area contributed by atoms with Gasteiger partial charge in [-0.25, -0.2) is 4.79 Å². The molecule has 1 N–H and O–H groups in total. The maximum Gasteiger partial charge on any atom is 0.328 e. The van der Waals surface area contributed by atoms with E-state index in [1.54, 1.807) is 17.8 Å². The molecule has 0 atom stereocenters. The van der Waals surface area contributed by atoms with E-state index in [2.05, 4.69) is 13.8 Å². The van der Waals surface area contributed by atoms with Crippen molar-refractivity contribution in [2.75, 3.05) is 5.75 Å². The van der Waals surface area contributed by atoms with E-state index in [4.69, 9.17) is 5.11 Å². The third-order valence-corrected chi connectivity index (χ3v) is 3.85. The molecule has 0 aromatic heterocycles. The number of aryl methyl sites for hydroxylation is 1. The third kappa shape index (κ3) is 5.30. The van der Waals surface area contributed by atoms with Gasteiger partial charge in [0.1, 0.15) is 0 Å². The van der Waals surface area contributed by atoms with Gasteiger partial charge in [0.15, 0.2) is 5.78 Å². The molecule has 3 nitrogen and oxygen atoms in total. The average Bonchev–Trinajstić information content (AvgIpc) is 2.34. The first kappa shape index (κ1) is 15.5. The maximum atomic E-state index is 12.0. The molecule has 0 unspecified atom stereocenters. The van der Waals surface area contributed by atoms with Gasteiger partial charge in [0.25, 0.3) is 0 Å². The number of rotatable bonds is 6. The smallest absolute Gasteiger partial charge is 0.328 e. The molecule has 0 aliphatic rings. The number of hydrogen-bond donors (Lipinski definition) is 1. The molecule has 0 heterocycles. The molecule has 0 saturated carbocycles. The molecule has 0 amide bonds. The monoisotopic (exact) mass is 278 g/mol. The molecule has 1 aromatic rings. The minimum atomic E-state index is -1.11. The number of hydrogen-bond acceptors (Lipinski definition) is 3. The number of carbonyl (C=O) groups excluding carboxylic acids is 1. The second-order valence-corrected chi connectivity index (χ2v) is 5.80. The molecule has 0 aliphatic heterocycles. The number of benzene rings is 1. The molecule has 19 heavy (non-hydrogen) atoms. The lowest BCUT2D eigenvalue weighted by Gasteiger charge is -2.09. The van der Waals surface area contributed by atoms with Crippen LogP contribution in [0.2, 0.25) is 0 Å². The van der Waals surface area contributed by atoms with Gasteiger partial charge in [-0.3, -0.25) is 4.79 Å². The van der Waals surface area contributed by atoms with E-state index in [1.807, 2.05) is 19.1 Å². The molecule has 0 bridgehead atoms. The van der Waals surface area contributed by atoms with Crippen LogP contribution in [-0.2, 0) is 4.79 Å². The third-order valence-electron chi connectivity index (χ3n) is 2.35. The van der Waals surface area contributed by atoms with E-state index in [0.717, 1.165) is 28.4 Å². The van der Waals surface area contributed by atoms with Crippen LogP contribution in [0.4, 0.5) is 0 Å². The molecule has 102 valence electrons. The van der Waals surface area contributed by atoms with Gasteiger partial charge in [0, 0.05) is 22.3 Å². The lowest BCUT2D eigenvalue weighted by molar-refractivity contribution is -0.131. The van der Waals surface area contributed by atoms with E-state index < -0.39 is 5.97 Å². The first-order valence-electron chi connectivity index (χ1n) is 6.09. The highest BCUT2D eigenvalue weighted by Crippen LogP contribution is 2.26. The number of aliphatic carboxylic acids is 1. The van der Waals surface area contributed by atoms with E-state index in [1.165, 1.54) is 0 Å². The van der Waals surface area contributed by atoms with E-state index in [0.29, 0.717) is 11.5 Å². The Hall–Kier alpha value is -1.55. The van der Waals surface area contributed by atoms with Crippen LogP contribution in [0.15, 0.2) is 35.2 Å². The highest BCUT2D eigenvalue weighted by molar-refractivity contribution is 7.99. The zero-order valence-corrected chi connectivity index (χ0v) is 12.2. The first-order valence-corrected chi connectivity index (χ1v) is 7.07. The van der Waals surface area contributed by atoms with Crippen molar-refractivity contribution >= 4 is 23.5 Å². The summed E-state index contributed by atoms with van der Waals surface area (Å²) in [7, 11) is 0. The van der Waals surface area contributed by atoms with Gasteiger partial charge in [0.05, 0.1) is 0 Å². The van der Waals surface area contributed by atoms with Crippen LogP contribution in [0.3, 0.4) is 0 Å². The van der Waals surface area contributed by atoms with Gasteiger partial charge in [-0.1, -0.05) is 25.5 Å². The molecule has 0 saturated heterocycles. The van der Waals surface area contributed by atoms with Gasteiger partial charge in [-0.2, -0.15) is 0 Å². The zero-order chi connectivity index (χ0) is 14.4. The fourth-order valence-corrected chi connectivity index (χ4v) is 2.45. The Bertz CT molecular complexity index is 504. The van der Waals surface area contributed by atoms with Crippen LogP contribution in [0, 0.1) is 12.8 Å². The summed E-state index contributed by atoms with van der Waals surface area (Å²) in [5.74, 6) is 0.0740. The predicted octanol–water partition coefficient (Wildman–Crippen LogP) is 3.57. The van der Waals surface area contributed by atoms with Crippen LogP contribution in [0.5, 0.6) is 0 Å². The van der Waals surface area contributed by atoms with Crippen molar-refractivity contribution in [3.63, 3.8) is 0 Å². The summed E-state index contributed by atoms with van der Waals surface area (Å²) in [5, 5.41) is 8.57. The number of carbonyl (C=O) groups is 2. The minimum absolute atomic E-state index is 0.266. The normalized spacial score (nSPS) is 11.2. The van der Waals surface area contributed by atoms with Crippen molar-refractivity contribution in [1.82, 2.24) is 0 Å². The van der Waals surface area contributed by atoms with E-state index in [9.17, 15) is 9.59 Å². The average molecular weight is 278 g/mol. The lowest BCUT2D eigenvalue weighted by atomic mass is 10.1. The second kappa shape index (κ2) is 7.14. The summed E-state index contributed by atoms with van der Waals surface area (Å²) >= 11 is 1.62. The predicted molar refractivity (Wildman–Crippen MR) is 77.8 cm³/mol. The Morgan fingerprint density at radius 2 is 2.00 bits per heavy atom. The van der Waals surface area contributed by atoms with Crippen LogP contribution >= 0.6 is 11.8 Å². The molecule has 1 aromatic carbocycles. The SMILES string of the molecule is Cc1ccc(SCC(C)C)c(C(=O)/C=C/C(=O)O)c1. The zero-order valence-electron chi connectivity index (χ0n) is 11.3. The Kier molecular flexibility index (Phi) is 5.83. The lowest BCUT2D eigenvalue weighted by Crippen LogP contribution is -2.01. The van der Waals surface area contributed by atoms with Gasteiger partial charge < -0.3 is 5.11 Å². The minimum Gasteiger partial charge on any atom is -0.478 e. The number of thioether (sulfide) groups is 1. The van der Waals surface area contributed by atoms with Crippen molar-refractivity contribution in [1.29, 1.82) is 0 Å². The van der Waals surface area contributed by atoms with Crippen molar-refractivity contribution in [2.45, 2.75) is 25.7 Å². The Labute approximate surface area is 117 Å². The highest BCUT2D eigenvalue weighted by atomic mass is 32.2. The quantitative estimate of drug-likeness (QED) is 0.491. The number of carboxylic acids is 1. The summed E-state index contributed by atoms with van der Waals surface area (Å²) in [5.41, 5.74) is 1.56. The fourth-order valence-electron chi connectivity index (χ4n) is 1.46. The first-order chi connectivity index (χ1) is 8.90. The molecule has 0 aliphatic carbocycles. The summed E-state index contributed by atoms with van der Waals surface area (Å²) < 4.78 is 0. The van der Waals surface area contributed by atoms with Crippen molar-refractivity contribution < 1.29 is 14.7 Å². The summed E-state index contributed by atoms with van der Waals surface area (Å²) in [6.07, 6.45) is 1.98. The summed E-state index contributed by atoms with van der Waals surface area (Å²) in [6.45, 7) is 6.15. The number of carboxylic acid groups (broad SMARTS) is 1. The van der Waals surface area contributed by atoms with Crippen LogP contribution in [0.25, 0.3) is 0 Å². The van der Waals surface area contributed by atoms with Crippen LogP contribution < -0.4 is 0 Å². The second-order valence-electron chi connectivity index (χ2n) is 4.74. The van der Waals surface area contributed by atoms with Crippen LogP contribution in [-0.4, -0.2) is 22.6 Å². The van der Waals surface area contributed by atoms with Crippen molar-refractivity contribution in [3.8, 4) is 0 Å². The standard InChI is InChI=1S/C15H18O3S/c1-10(2)9-19-14-6-4-11(3)8-12(14)13(16)5-7-15(17)18/h4-8,10H,9H2,1-3H3,(H,17,18)/b7-5+. The van der Waals surface area contributed by atoms with Crippen molar-refractivity contribution in [2.24, 2.45) is 5.92 Å². The topological polar surface area (TPSA) is 54.4 Å². The van der Waals surface area contributed by atoms with E-state index in [-0.39, 0.29) is 5.78 Å². The molecule has 0 fully saturated rings. The fraction of sp³-hybridized carbons (Fsp3) is 0.333. The summed E-state index contributed by atoms with van der Waals surface area (Å²) in [6, 6.07) is 5.68. The Morgan fingerprint density at radius 3 is 2.58 bits per heavy atom. The Balaban J connectivity index is 2.99.